The van der Waals surface area contributed by atoms with Gasteiger partial charge in [0.05, 0.1) is 23.9 Å². The number of aryl methyl sites for hydroxylation is 1. The maximum atomic E-state index is 12.8. The van der Waals surface area contributed by atoms with Crippen LogP contribution in [0.1, 0.15) is 21.6 Å². The minimum Gasteiger partial charge on any atom is -0.497 e. The molecule has 0 fully saturated rings. The fourth-order valence-electron chi connectivity index (χ4n) is 3.39. The monoisotopic (exact) mass is 412 g/mol. The molecule has 156 valence electrons. The molecule has 0 unspecified atom stereocenters. The van der Waals surface area contributed by atoms with Gasteiger partial charge in [-0.3, -0.25) is 9.78 Å². The van der Waals surface area contributed by atoms with Crippen LogP contribution in [0.25, 0.3) is 10.9 Å². The fourth-order valence-corrected chi connectivity index (χ4v) is 3.39. The van der Waals surface area contributed by atoms with E-state index in [-0.39, 0.29) is 5.91 Å². The van der Waals surface area contributed by atoms with Gasteiger partial charge in [0.25, 0.3) is 5.91 Å². The second-order valence-electron chi connectivity index (χ2n) is 7.28. The number of rotatable bonds is 6. The first-order chi connectivity index (χ1) is 15.0. The topological polar surface area (TPSA) is 67.3 Å². The Labute approximate surface area is 181 Å². The molecular weight excluding hydrogens is 388 g/mol. The summed E-state index contributed by atoms with van der Waals surface area (Å²) < 4.78 is 5.27. The van der Waals surface area contributed by atoms with E-state index in [1.54, 1.807) is 13.3 Å². The number of nitrogens with zero attached hydrogens (tertiary/aromatic N) is 3. The standard InChI is InChI=1S/C25H24N4O2/c1-17-22(14-19-13-21(31-3)10-11-23(19)28-17)25(30)27-16-18-9-12-24(26-15-18)29(2)20-7-5-4-6-8-20/h4-15H,16H2,1-3H3,(H,27,30). The van der Waals surface area contributed by atoms with Crippen molar-refractivity contribution >= 4 is 28.3 Å². The van der Waals surface area contributed by atoms with E-state index in [9.17, 15) is 4.79 Å². The summed E-state index contributed by atoms with van der Waals surface area (Å²) in [5.41, 5.74) is 4.05. The van der Waals surface area contributed by atoms with Crippen molar-refractivity contribution in [1.29, 1.82) is 0 Å². The maximum Gasteiger partial charge on any atom is 0.253 e. The number of carbonyl (C=O) groups excluding carboxylic acids is 1. The zero-order valence-electron chi connectivity index (χ0n) is 17.8. The number of hydrogen-bond donors (Lipinski definition) is 1. The lowest BCUT2D eigenvalue weighted by atomic mass is 10.1. The Balaban J connectivity index is 1.45. The molecule has 2 aromatic carbocycles. The van der Waals surface area contributed by atoms with Crippen molar-refractivity contribution in [1.82, 2.24) is 15.3 Å². The molecule has 0 radical (unpaired) electrons. The number of pyridine rings is 2. The number of amides is 1. The van der Waals surface area contributed by atoms with Gasteiger partial charge in [0.1, 0.15) is 11.6 Å². The summed E-state index contributed by atoms with van der Waals surface area (Å²) >= 11 is 0. The summed E-state index contributed by atoms with van der Waals surface area (Å²) in [6.07, 6.45) is 1.78. The molecule has 4 rings (SSSR count). The van der Waals surface area contributed by atoms with Gasteiger partial charge in [-0.1, -0.05) is 24.3 Å². The molecule has 31 heavy (non-hydrogen) atoms. The van der Waals surface area contributed by atoms with E-state index in [4.69, 9.17) is 4.74 Å². The second kappa shape index (κ2) is 8.83. The zero-order valence-corrected chi connectivity index (χ0v) is 17.8. The smallest absolute Gasteiger partial charge is 0.253 e. The second-order valence-corrected chi connectivity index (χ2v) is 7.28. The number of benzene rings is 2. The summed E-state index contributed by atoms with van der Waals surface area (Å²) in [5.74, 6) is 1.40. The van der Waals surface area contributed by atoms with Crippen molar-refractivity contribution in [2.24, 2.45) is 0 Å². The Kier molecular flexibility index (Phi) is 5.80. The largest absolute Gasteiger partial charge is 0.497 e. The molecule has 0 atom stereocenters. The molecule has 0 bridgehead atoms. The number of anilines is 2. The van der Waals surface area contributed by atoms with Crippen molar-refractivity contribution in [3.63, 3.8) is 0 Å². The van der Waals surface area contributed by atoms with Gasteiger partial charge in [-0.05, 0) is 55.0 Å². The normalized spacial score (nSPS) is 10.7. The van der Waals surface area contributed by atoms with Crippen LogP contribution in [0.2, 0.25) is 0 Å². The SMILES string of the molecule is COc1ccc2nc(C)c(C(=O)NCc3ccc(N(C)c4ccccc4)nc3)cc2c1. The highest BCUT2D eigenvalue weighted by molar-refractivity contribution is 5.98. The number of para-hydroxylation sites is 1. The molecule has 6 nitrogen and oxygen atoms in total. The molecule has 0 aliphatic heterocycles. The van der Waals surface area contributed by atoms with Crippen LogP contribution in [0.5, 0.6) is 5.75 Å². The third-order valence-electron chi connectivity index (χ3n) is 5.21. The van der Waals surface area contributed by atoms with Gasteiger partial charge < -0.3 is 15.0 Å². The highest BCUT2D eigenvalue weighted by Crippen LogP contribution is 2.23. The Bertz CT molecular complexity index is 1210. The van der Waals surface area contributed by atoms with Gasteiger partial charge in [0.15, 0.2) is 0 Å². The van der Waals surface area contributed by atoms with Gasteiger partial charge in [-0.25, -0.2) is 4.98 Å². The molecule has 1 amide bonds. The van der Waals surface area contributed by atoms with E-state index in [2.05, 4.69) is 15.3 Å². The minimum atomic E-state index is -0.166. The Morgan fingerprint density at radius 2 is 1.87 bits per heavy atom. The summed E-state index contributed by atoms with van der Waals surface area (Å²) in [5, 5.41) is 3.83. The Hall–Kier alpha value is -3.93. The van der Waals surface area contributed by atoms with Gasteiger partial charge in [0, 0.05) is 30.9 Å². The van der Waals surface area contributed by atoms with Crippen LogP contribution in [0.15, 0.2) is 72.9 Å². The molecule has 6 heteroatoms. The predicted octanol–water partition coefficient (Wildman–Crippen LogP) is 4.64. The Morgan fingerprint density at radius 3 is 2.58 bits per heavy atom. The van der Waals surface area contributed by atoms with Crippen LogP contribution in [0.4, 0.5) is 11.5 Å². The van der Waals surface area contributed by atoms with E-state index < -0.39 is 0 Å². The summed E-state index contributed by atoms with van der Waals surface area (Å²) in [4.78, 5) is 23.9. The van der Waals surface area contributed by atoms with E-state index in [1.807, 2.05) is 85.6 Å². The average Bonchev–Trinajstić information content (AvgIpc) is 2.82. The summed E-state index contributed by atoms with van der Waals surface area (Å²) in [6, 6.07) is 21.4. The van der Waals surface area contributed by atoms with E-state index >= 15 is 0 Å². The van der Waals surface area contributed by atoms with Crippen molar-refractivity contribution in [3.05, 3.63) is 89.7 Å². The van der Waals surface area contributed by atoms with Gasteiger partial charge in [-0.2, -0.15) is 0 Å². The van der Waals surface area contributed by atoms with Crippen molar-refractivity contribution in [2.75, 3.05) is 19.1 Å². The number of fused-ring (bicyclic) bond motifs is 1. The number of nitrogens with one attached hydrogen (secondary N) is 1. The van der Waals surface area contributed by atoms with Crippen LogP contribution < -0.4 is 15.0 Å². The molecule has 2 heterocycles. The van der Waals surface area contributed by atoms with Crippen molar-refractivity contribution in [3.8, 4) is 5.75 Å². The molecule has 1 N–H and O–H groups in total. The Morgan fingerprint density at radius 1 is 1.06 bits per heavy atom. The molecule has 0 saturated heterocycles. The van der Waals surface area contributed by atoms with Gasteiger partial charge >= 0.3 is 0 Å². The number of hydrogen-bond acceptors (Lipinski definition) is 5. The number of ether oxygens (including phenoxy) is 1. The third-order valence-corrected chi connectivity index (χ3v) is 5.21. The van der Waals surface area contributed by atoms with E-state index in [1.165, 1.54) is 0 Å². The highest BCUT2D eigenvalue weighted by Gasteiger charge is 2.12. The van der Waals surface area contributed by atoms with Crippen molar-refractivity contribution < 1.29 is 9.53 Å². The van der Waals surface area contributed by atoms with Crippen LogP contribution in [-0.2, 0) is 6.54 Å². The number of aromatic nitrogens is 2. The van der Waals surface area contributed by atoms with E-state index in [0.717, 1.165) is 33.7 Å². The first-order valence-corrected chi connectivity index (χ1v) is 10.0. The molecule has 0 aliphatic rings. The number of methoxy groups -OCH3 is 1. The highest BCUT2D eigenvalue weighted by atomic mass is 16.5. The minimum absolute atomic E-state index is 0.166. The van der Waals surface area contributed by atoms with Gasteiger partial charge in [-0.15, -0.1) is 0 Å². The predicted molar refractivity (Wildman–Crippen MR) is 123 cm³/mol. The zero-order chi connectivity index (χ0) is 21.8. The molecule has 2 aromatic heterocycles. The van der Waals surface area contributed by atoms with E-state index in [0.29, 0.717) is 17.8 Å². The summed E-state index contributed by atoms with van der Waals surface area (Å²) in [6.45, 7) is 2.23. The lowest BCUT2D eigenvalue weighted by molar-refractivity contribution is 0.0950. The molecule has 0 spiro atoms. The molecule has 0 aliphatic carbocycles. The first-order valence-electron chi connectivity index (χ1n) is 10.0. The maximum absolute atomic E-state index is 12.8. The first kappa shape index (κ1) is 20.3. The quantitative estimate of drug-likeness (QED) is 0.500. The lowest BCUT2D eigenvalue weighted by Crippen LogP contribution is -2.24. The average molecular weight is 412 g/mol. The fraction of sp³-hybridized carbons (Fsp3) is 0.160. The molecular formula is C25H24N4O2. The third kappa shape index (κ3) is 4.48. The molecule has 4 aromatic rings. The van der Waals surface area contributed by atoms with Crippen LogP contribution >= 0.6 is 0 Å². The molecule has 0 saturated carbocycles. The summed E-state index contributed by atoms with van der Waals surface area (Å²) in [7, 11) is 3.59. The number of carbonyl (C=O) groups is 1. The van der Waals surface area contributed by atoms with Crippen LogP contribution in [0.3, 0.4) is 0 Å². The van der Waals surface area contributed by atoms with Crippen LogP contribution in [0, 0.1) is 6.92 Å². The van der Waals surface area contributed by atoms with Crippen LogP contribution in [-0.4, -0.2) is 30.0 Å². The van der Waals surface area contributed by atoms with Gasteiger partial charge in [0.2, 0.25) is 0 Å². The lowest BCUT2D eigenvalue weighted by Gasteiger charge is -2.18. The van der Waals surface area contributed by atoms with Crippen molar-refractivity contribution in [2.45, 2.75) is 13.5 Å².